The van der Waals surface area contributed by atoms with Gasteiger partial charge in [-0.2, -0.15) is 0 Å². The Morgan fingerprint density at radius 3 is 2.33 bits per heavy atom. The molecule has 0 amide bonds. The Morgan fingerprint density at radius 1 is 0.917 bits per heavy atom. The zero-order valence-corrected chi connectivity index (χ0v) is 7.69. The van der Waals surface area contributed by atoms with Crippen LogP contribution in [0.15, 0.2) is 41.3 Å². The first-order valence-corrected chi connectivity index (χ1v) is 4.35. The lowest BCUT2D eigenvalue weighted by atomic mass is 10.1. The molecule has 0 nitrogen and oxygen atoms in total. The SMILES string of the molecule is Cc1cccc2c([S])cccc12. The van der Waals surface area contributed by atoms with Crippen LogP contribution in [0.1, 0.15) is 5.56 Å². The summed E-state index contributed by atoms with van der Waals surface area (Å²) >= 11 is 5.21. The first-order chi connectivity index (χ1) is 5.79. The molecule has 0 aliphatic carbocycles. The maximum absolute atomic E-state index is 5.21. The van der Waals surface area contributed by atoms with E-state index in [4.69, 9.17) is 12.6 Å². The molecule has 2 aromatic carbocycles. The molecule has 1 radical (unpaired) electrons. The summed E-state index contributed by atoms with van der Waals surface area (Å²) in [5, 5.41) is 2.46. The van der Waals surface area contributed by atoms with Gasteiger partial charge in [-0.15, -0.1) is 0 Å². The molecule has 0 aliphatic rings. The molecule has 0 heterocycles. The molecule has 0 saturated carbocycles. The van der Waals surface area contributed by atoms with Crippen LogP contribution in [0.2, 0.25) is 0 Å². The summed E-state index contributed by atoms with van der Waals surface area (Å²) in [6, 6.07) is 12.3. The Hall–Kier alpha value is -1.08. The standard InChI is InChI=1S/C11H9S/c1-8-4-2-6-10-9(8)5-3-7-11(10)12/h2-7H,1H3. The van der Waals surface area contributed by atoms with Crippen LogP contribution in [0.5, 0.6) is 0 Å². The van der Waals surface area contributed by atoms with Gasteiger partial charge in [0.25, 0.3) is 0 Å². The molecule has 0 aliphatic heterocycles. The molecular formula is C11H9S. The van der Waals surface area contributed by atoms with Crippen molar-refractivity contribution in [2.75, 3.05) is 0 Å². The fourth-order valence-corrected chi connectivity index (χ4v) is 1.69. The Labute approximate surface area is 77.6 Å². The van der Waals surface area contributed by atoms with Crippen molar-refractivity contribution in [3.05, 3.63) is 42.0 Å². The average Bonchev–Trinajstić information content (AvgIpc) is 2.07. The number of hydrogen-bond donors (Lipinski definition) is 0. The summed E-state index contributed by atoms with van der Waals surface area (Å²) in [5.41, 5.74) is 1.29. The van der Waals surface area contributed by atoms with Crippen molar-refractivity contribution in [1.82, 2.24) is 0 Å². The molecule has 0 fully saturated rings. The first-order valence-electron chi connectivity index (χ1n) is 3.94. The molecule has 0 unspecified atom stereocenters. The van der Waals surface area contributed by atoms with Gasteiger partial charge in [0.05, 0.1) is 0 Å². The number of aryl methyl sites for hydroxylation is 1. The van der Waals surface area contributed by atoms with Gasteiger partial charge >= 0.3 is 0 Å². The minimum Gasteiger partial charge on any atom is -0.0794 e. The summed E-state index contributed by atoms with van der Waals surface area (Å²) in [5.74, 6) is 0. The minimum atomic E-state index is 0.941. The molecule has 0 N–H and O–H groups in total. The number of fused-ring (bicyclic) bond motifs is 1. The molecule has 2 rings (SSSR count). The fourth-order valence-electron chi connectivity index (χ4n) is 1.44. The van der Waals surface area contributed by atoms with E-state index in [1.165, 1.54) is 16.3 Å². The predicted octanol–water partition coefficient (Wildman–Crippen LogP) is 3.70. The third kappa shape index (κ3) is 1.07. The van der Waals surface area contributed by atoms with Crippen molar-refractivity contribution in [3.63, 3.8) is 0 Å². The van der Waals surface area contributed by atoms with Crippen LogP contribution in [0.25, 0.3) is 10.8 Å². The molecule has 0 spiro atoms. The van der Waals surface area contributed by atoms with Gasteiger partial charge in [0.2, 0.25) is 0 Å². The van der Waals surface area contributed by atoms with Gasteiger partial charge in [-0.3, -0.25) is 0 Å². The largest absolute Gasteiger partial charge is 0.0794 e. The zero-order chi connectivity index (χ0) is 8.55. The van der Waals surface area contributed by atoms with E-state index in [0.29, 0.717) is 0 Å². The molecule has 2 aromatic rings. The fraction of sp³-hybridized carbons (Fsp3) is 0.0909. The molecular weight excluding hydrogens is 164 g/mol. The summed E-state index contributed by atoms with van der Waals surface area (Å²) in [6.07, 6.45) is 0. The number of benzene rings is 2. The van der Waals surface area contributed by atoms with Gasteiger partial charge in [0.15, 0.2) is 0 Å². The van der Waals surface area contributed by atoms with Crippen LogP contribution in [0, 0.1) is 6.92 Å². The van der Waals surface area contributed by atoms with E-state index in [1.807, 2.05) is 18.2 Å². The van der Waals surface area contributed by atoms with E-state index < -0.39 is 0 Å². The highest BCUT2D eigenvalue weighted by atomic mass is 32.1. The number of rotatable bonds is 0. The van der Waals surface area contributed by atoms with Crippen LogP contribution < -0.4 is 0 Å². The van der Waals surface area contributed by atoms with Gasteiger partial charge in [-0.1, -0.05) is 43.0 Å². The van der Waals surface area contributed by atoms with Crippen molar-refractivity contribution in [2.45, 2.75) is 11.8 Å². The Bertz CT molecular complexity index is 377. The second-order valence-corrected chi connectivity index (χ2v) is 3.37. The number of hydrogen-bond acceptors (Lipinski definition) is 0. The summed E-state index contributed by atoms with van der Waals surface area (Å²) in [6.45, 7) is 2.11. The second-order valence-electron chi connectivity index (χ2n) is 2.93. The lowest BCUT2D eigenvalue weighted by molar-refractivity contribution is 1.49. The van der Waals surface area contributed by atoms with E-state index in [0.717, 1.165) is 4.90 Å². The van der Waals surface area contributed by atoms with Crippen LogP contribution in [-0.2, 0) is 0 Å². The van der Waals surface area contributed by atoms with Crippen molar-refractivity contribution < 1.29 is 0 Å². The van der Waals surface area contributed by atoms with Crippen LogP contribution in [0.3, 0.4) is 0 Å². The van der Waals surface area contributed by atoms with Crippen molar-refractivity contribution in [3.8, 4) is 0 Å². The summed E-state index contributed by atoms with van der Waals surface area (Å²) in [7, 11) is 0. The van der Waals surface area contributed by atoms with Crippen molar-refractivity contribution in [1.29, 1.82) is 0 Å². The minimum absolute atomic E-state index is 0.941. The maximum atomic E-state index is 5.21. The zero-order valence-electron chi connectivity index (χ0n) is 6.87. The van der Waals surface area contributed by atoms with Crippen molar-refractivity contribution in [2.24, 2.45) is 0 Å². The van der Waals surface area contributed by atoms with Crippen LogP contribution >= 0.6 is 12.6 Å². The van der Waals surface area contributed by atoms with E-state index in [1.54, 1.807) is 0 Å². The highest BCUT2D eigenvalue weighted by Gasteiger charge is 1.98. The van der Waals surface area contributed by atoms with Gasteiger partial charge in [0, 0.05) is 4.90 Å². The topological polar surface area (TPSA) is 0 Å². The Morgan fingerprint density at radius 2 is 1.58 bits per heavy atom. The molecule has 12 heavy (non-hydrogen) atoms. The molecule has 0 aromatic heterocycles. The molecule has 0 bridgehead atoms. The van der Waals surface area contributed by atoms with E-state index in [-0.39, 0.29) is 0 Å². The van der Waals surface area contributed by atoms with Crippen molar-refractivity contribution >= 4 is 23.4 Å². The average molecular weight is 173 g/mol. The van der Waals surface area contributed by atoms with E-state index in [9.17, 15) is 0 Å². The third-order valence-corrected chi connectivity index (χ3v) is 2.46. The van der Waals surface area contributed by atoms with E-state index in [2.05, 4.69) is 25.1 Å². The highest BCUT2D eigenvalue weighted by molar-refractivity contribution is 7.80. The van der Waals surface area contributed by atoms with E-state index >= 15 is 0 Å². The molecule has 0 atom stereocenters. The van der Waals surface area contributed by atoms with Crippen LogP contribution in [-0.4, -0.2) is 0 Å². The van der Waals surface area contributed by atoms with Gasteiger partial charge in [0.1, 0.15) is 0 Å². The lowest BCUT2D eigenvalue weighted by Crippen LogP contribution is -1.78. The lowest BCUT2D eigenvalue weighted by Gasteiger charge is -2.02. The summed E-state index contributed by atoms with van der Waals surface area (Å²) < 4.78 is 0. The molecule has 1 heteroatoms. The van der Waals surface area contributed by atoms with Crippen LogP contribution in [0.4, 0.5) is 0 Å². The third-order valence-electron chi connectivity index (χ3n) is 2.10. The van der Waals surface area contributed by atoms with Gasteiger partial charge in [-0.25, -0.2) is 0 Å². The molecule has 59 valence electrons. The molecule has 0 saturated heterocycles. The smallest absolute Gasteiger partial charge is 0.0455 e. The first kappa shape index (κ1) is 7.56. The normalized spacial score (nSPS) is 10.4. The monoisotopic (exact) mass is 173 g/mol. The summed E-state index contributed by atoms with van der Waals surface area (Å²) in [4.78, 5) is 0.941. The second kappa shape index (κ2) is 2.76. The Balaban J connectivity index is 2.94. The van der Waals surface area contributed by atoms with Gasteiger partial charge < -0.3 is 0 Å². The maximum Gasteiger partial charge on any atom is 0.0455 e. The quantitative estimate of drug-likeness (QED) is 0.569. The Kier molecular flexibility index (Phi) is 1.74. The predicted molar refractivity (Wildman–Crippen MR) is 54.5 cm³/mol. The highest BCUT2D eigenvalue weighted by Crippen LogP contribution is 2.23. The van der Waals surface area contributed by atoms with Gasteiger partial charge in [-0.05, 0) is 29.3 Å².